The number of phenols is 1. The lowest BCUT2D eigenvalue weighted by molar-refractivity contribution is -0.119. The van der Waals surface area contributed by atoms with Crippen LogP contribution in [0.3, 0.4) is 0 Å². The second kappa shape index (κ2) is 9.27. The van der Waals surface area contributed by atoms with E-state index < -0.39 is 0 Å². The number of hydrogen-bond donors (Lipinski definition) is 2. The Morgan fingerprint density at radius 2 is 1.86 bits per heavy atom. The molecule has 1 aromatic carbocycles. The molecule has 2 aliphatic rings. The van der Waals surface area contributed by atoms with E-state index in [1.54, 1.807) is 12.3 Å². The number of hydrogen-bond acceptors (Lipinski definition) is 5. The van der Waals surface area contributed by atoms with Crippen molar-refractivity contribution in [1.29, 1.82) is 0 Å². The van der Waals surface area contributed by atoms with Gasteiger partial charge in [-0.3, -0.25) is 9.69 Å². The van der Waals surface area contributed by atoms with Crippen molar-refractivity contribution in [1.82, 2.24) is 9.88 Å². The molecule has 1 amide bonds. The summed E-state index contributed by atoms with van der Waals surface area (Å²) in [6.07, 6.45) is 7.14. The summed E-state index contributed by atoms with van der Waals surface area (Å²) in [5, 5.41) is 13.0. The lowest BCUT2D eigenvalue weighted by atomic mass is 10.1. The molecule has 154 valence electrons. The zero-order chi connectivity index (χ0) is 20.1. The normalized spacial score (nSPS) is 18.6. The fourth-order valence-electron chi connectivity index (χ4n) is 4.32. The molecule has 2 N–H and O–H groups in total. The molecule has 0 spiro atoms. The molecule has 2 aromatic rings. The first-order valence-electron chi connectivity index (χ1n) is 10.7. The van der Waals surface area contributed by atoms with Gasteiger partial charge in [0.25, 0.3) is 0 Å². The van der Waals surface area contributed by atoms with Crippen molar-refractivity contribution in [3.63, 3.8) is 0 Å². The number of nitrogens with one attached hydrogen (secondary N) is 1. The van der Waals surface area contributed by atoms with E-state index in [4.69, 9.17) is 0 Å². The van der Waals surface area contributed by atoms with Crippen molar-refractivity contribution in [2.45, 2.75) is 38.6 Å². The minimum absolute atomic E-state index is 0.131. The number of amides is 1. The Labute approximate surface area is 172 Å². The average Bonchev–Trinajstić information content (AvgIpc) is 3.18. The summed E-state index contributed by atoms with van der Waals surface area (Å²) in [6.45, 7) is 4.54. The average molecular weight is 395 g/mol. The Bertz CT molecular complexity index is 818. The van der Waals surface area contributed by atoms with Gasteiger partial charge < -0.3 is 15.3 Å². The Hall–Kier alpha value is -2.60. The van der Waals surface area contributed by atoms with Gasteiger partial charge in [-0.1, -0.05) is 31.0 Å². The number of nitrogens with zero attached hydrogens (tertiary/aromatic N) is 3. The molecule has 6 nitrogen and oxygen atoms in total. The zero-order valence-electron chi connectivity index (χ0n) is 16.9. The smallest absolute Gasteiger partial charge is 0.227 e. The van der Waals surface area contributed by atoms with E-state index in [0.29, 0.717) is 5.75 Å². The second-order valence-corrected chi connectivity index (χ2v) is 8.12. The first kappa shape index (κ1) is 19.7. The molecule has 6 heteroatoms. The number of anilines is 2. The molecule has 2 fully saturated rings. The minimum atomic E-state index is 0.131. The van der Waals surface area contributed by atoms with E-state index in [-0.39, 0.29) is 11.8 Å². The highest BCUT2D eigenvalue weighted by Crippen LogP contribution is 2.26. The quantitative estimate of drug-likeness (QED) is 0.811. The van der Waals surface area contributed by atoms with Crippen LogP contribution in [0.25, 0.3) is 0 Å². The molecule has 1 aliphatic carbocycles. The molecule has 4 rings (SSSR count). The Balaban J connectivity index is 1.32. The van der Waals surface area contributed by atoms with Crippen molar-refractivity contribution in [3.8, 4) is 5.75 Å². The molecular formula is C23H30N4O2. The van der Waals surface area contributed by atoms with Gasteiger partial charge in [0.1, 0.15) is 11.6 Å². The summed E-state index contributed by atoms with van der Waals surface area (Å²) in [4.78, 5) is 21.6. The summed E-state index contributed by atoms with van der Waals surface area (Å²) in [5.74, 6) is 1.61. The third-order valence-corrected chi connectivity index (χ3v) is 6.04. The van der Waals surface area contributed by atoms with Crippen LogP contribution in [0.2, 0.25) is 0 Å². The Morgan fingerprint density at radius 1 is 1.03 bits per heavy atom. The number of aromatic nitrogens is 1. The summed E-state index contributed by atoms with van der Waals surface area (Å²) in [5.41, 5.74) is 1.75. The topological polar surface area (TPSA) is 68.7 Å². The molecule has 1 aromatic heterocycles. The number of pyridine rings is 1. The zero-order valence-corrected chi connectivity index (χ0v) is 16.9. The number of carbonyl (C=O) groups is 1. The van der Waals surface area contributed by atoms with Crippen LogP contribution in [0.15, 0.2) is 42.6 Å². The van der Waals surface area contributed by atoms with E-state index in [1.807, 2.05) is 30.3 Å². The minimum Gasteiger partial charge on any atom is -0.508 e. The fraction of sp³-hybridized carbons (Fsp3) is 0.478. The molecular weight excluding hydrogens is 364 g/mol. The number of phenolic OH excluding ortho intramolecular Hbond substituents is 1. The maximum absolute atomic E-state index is 12.3. The fourth-order valence-corrected chi connectivity index (χ4v) is 4.32. The summed E-state index contributed by atoms with van der Waals surface area (Å²) < 4.78 is 0. The Kier molecular flexibility index (Phi) is 6.30. The first-order valence-corrected chi connectivity index (χ1v) is 10.7. The molecule has 2 heterocycles. The number of para-hydroxylation sites is 1. The predicted octanol–water partition coefficient (Wildman–Crippen LogP) is 3.63. The molecule has 0 unspecified atom stereocenters. The highest BCUT2D eigenvalue weighted by atomic mass is 16.3. The van der Waals surface area contributed by atoms with Crippen LogP contribution in [0.5, 0.6) is 5.75 Å². The largest absolute Gasteiger partial charge is 0.508 e. The van der Waals surface area contributed by atoms with Crippen LogP contribution in [-0.2, 0) is 11.3 Å². The van der Waals surface area contributed by atoms with E-state index in [1.165, 1.54) is 0 Å². The van der Waals surface area contributed by atoms with Gasteiger partial charge in [-0.15, -0.1) is 0 Å². The van der Waals surface area contributed by atoms with Crippen LogP contribution in [0.4, 0.5) is 11.5 Å². The molecule has 1 saturated heterocycles. The lowest BCUT2D eigenvalue weighted by Gasteiger charge is -2.23. The predicted molar refractivity (Wildman–Crippen MR) is 115 cm³/mol. The van der Waals surface area contributed by atoms with Gasteiger partial charge in [0.15, 0.2) is 0 Å². The first-order chi connectivity index (χ1) is 14.2. The molecule has 1 aliphatic heterocycles. The van der Waals surface area contributed by atoms with E-state index in [0.717, 1.165) is 81.9 Å². The Morgan fingerprint density at radius 3 is 2.62 bits per heavy atom. The van der Waals surface area contributed by atoms with Gasteiger partial charge in [-0.2, -0.15) is 0 Å². The van der Waals surface area contributed by atoms with Gasteiger partial charge in [-0.25, -0.2) is 4.98 Å². The number of carbonyl (C=O) groups excluding carboxylic acids is 1. The number of benzene rings is 1. The van der Waals surface area contributed by atoms with Gasteiger partial charge >= 0.3 is 0 Å². The van der Waals surface area contributed by atoms with E-state index >= 15 is 0 Å². The van der Waals surface area contributed by atoms with E-state index in [9.17, 15) is 9.90 Å². The monoisotopic (exact) mass is 394 g/mol. The third kappa shape index (κ3) is 5.07. The van der Waals surface area contributed by atoms with Crippen LogP contribution in [0.1, 0.15) is 37.7 Å². The van der Waals surface area contributed by atoms with Crippen LogP contribution >= 0.6 is 0 Å². The van der Waals surface area contributed by atoms with Crippen molar-refractivity contribution in [2.75, 3.05) is 36.4 Å². The van der Waals surface area contributed by atoms with Gasteiger partial charge in [0.2, 0.25) is 5.91 Å². The molecule has 0 bridgehead atoms. The van der Waals surface area contributed by atoms with Crippen molar-refractivity contribution in [3.05, 3.63) is 48.2 Å². The van der Waals surface area contributed by atoms with Crippen molar-refractivity contribution >= 4 is 17.4 Å². The third-order valence-electron chi connectivity index (χ3n) is 6.04. The molecule has 29 heavy (non-hydrogen) atoms. The second-order valence-electron chi connectivity index (χ2n) is 8.12. The van der Waals surface area contributed by atoms with Crippen molar-refractivity contribution in [2.24, 2.45) is 5.92 Å². The standard InChI is InChI=1S/C23H30N4O2/c28-21-9-4-3-8-19(21)17-26-12-5-13-27(15-14-26)22-11-10-20(16-24-22)25-23(29)18-6-1-2-7-18/h3-4,8-11,16,18,28H,1-2,5-7,12-15,17H2,(H,25,29). The van der Waals surface area contributed by atoms with Gasteiger partial charge in [0, 0.05) is 44.2 Å². The maximum Gasteiger partial charge on any atom is 0.227 e. The van der Waals surface area contributed by atoms with E-state index in [2.05, 4.69) is 20.1 Å². The van der Waals surface area contributed by atoms with Crippen LogP contribution in [-0.4, -0.2) is 47.1 Å². The summed E-state index contributed by atoms with van der Waals surface area (Å²) in [7, 11) is 0. The maximum atomic E-state index is 12.3. The van der Waals surface area contributed by atoms with Gasteiger partial charge in [0.05, 0.1) is 11.9 Å². The summed E-state index contributed by atoms with van der Waals surface area (Å²) >= 11 is 0. The summed E-state index contributed by atoms with van der Waals surface area (Å²) in [6, 6.07) is 11.5. The molecule has 1 saturated carbocycles. The molecule has 0 radical (unpaired) electrons. The lowest BCUT2D eigenvalue weighted by Crippen LogP contribution is -2.31. The highest BCUT2D eigenvalue weighted by Gasteiger charge is 2.23. The van der Waals surface area contributed by atoms with Crippen molar-refractivity contribution < 1.29 is 9.90 Å². The van der Waals surface area contributed by atoms with Gasteiger partial charge in [-0.05, 0) is 37.5 Å². The number of rotatable bonds is 5. The van der Waals surface area contributed by atoms with Crippen LogP contribution in [0, 0.1) is 5.92 Å². The van der Waals surface area contributed by atoms with Crippen LogP contribution < -0.4 is 10.2 Å². The SMILES string of the molecule is O=C(Nc1ccc(N2CCCN(Cc3ccccc3O)CC2)nc1)C1CCCC1. The molecule has 0 atom stereocenters. The number of aromatic hydroxyl groups is 1. The highest BCUT2D eigenvalue weighted by molar-refractivity contribution is 5.92.